The number of ether oxygens (including phenoxy) is 1. The molecule has 8 heteroatoms. The van der Waals surface area contributed by atoms with Gasteiger partial charge in [-0.25, -0.2) is 9.97 Å². The third-order valence-electron chi connectivity index (χ3n) is 7.40. The number of fused-ring (bicyclic) bond motifs is 2. The summed E-state index contributed by atoms with van der Waals surface area (Å²) in [6, 6.07) is 5.34. The molecule has 8 nitrogen and oxygen atoms in total. The van der Waals surface area contributed by atoms with E-state index in [1.807, 2.05) is 24.9 Å². The Hall–Kier alpha value is -2.97. The third-order valence-corrected chi connectivity index (χ3v) is 7.40. The van der Waals surface area contributed by atoms with Crippen LogP contribution < -0.4 is 15.4 Å². The Balaban J connectivity index is 1.29. The summed E-state index contributed by atoms with van der Waals surface area (Å²) in [4.78, 5) is 11.8. The summed E-state index contributed by atoms with van der Waals surface area (Å²) in [6.07, 6.45) is 6.04. The largest absolute Gasteiger partial charge is 0.486 e. The lowest BCUT2D eigenvalue weighted by atomic mass is 9.87. The van der Waals surface area contributed by atoms with Crippen molar-refractivity contribution in [2.24, 2.45) is 7.05 Å². The van der Waals surface area contributed by atoms with Gasteiger partial charge in [-0.3, -0.25) is 9.58 Å². The fourth-order valence-electron chi connectivity index (χ4n) is 5.44. The second-order valence-electron chi connectivity index (χ2n) is 9.60. The molecule has 3 aliphatic heterocycles. The lowest BCUT2D eigenvalue weighted by Gasteiger charge is -2.42. The molecule has 0 bridgehead atoms. The highest BCUT2D eigenvalue weighted by molar-refractivity contribution is 5.76. The minimum Gasteiger partial charge on any atom is -0.486 e. The zero-order valence-corrected chi connectivity index (χ0v) is 19.6. The summed E-state index contributed by atoms with van der Waals surface area (Å²) in [5.41, 5.74) is 7.37. The maximum Gasteiger partial charge on any atom is 0.146 e. The number of aromatic nitrogens is 4. The lowest BCUT2D eigenvalue weighted by Crippen LogP contribution is -2.58. The molecule has 6 rings (SSSR count). The van der Waals surface area contributed by atoms with E-state index in [4.69, 9.17) is 4.74 Å². The molecule has 2 N–H and O–H groups in total. The molecule has 0 amide bonds. The SMILES string of the molecule is Cc1cc(C2CCN(C3CNC3)CC2)cc2c1OCc1c(ncnc1-c1cn(C)nc1C)N2. The van der Waals surface area contributed by atoms with Crippen LogP contribution in [-0.2, 0) is 13.7 Å². The molecule has 0 aliphatic carbocycles. The van der Waals surface area contributed by atoms with Crippen molar-refractivity contribution < 1.29 is 4.74 Å². The van der Waals surface area contributed by atoms with E-state index >= 15 is 0 Å². The predicted molar refractivity (Wildman–Crippen MR) is 128 cm³/mol. The van der Waals surface area contributed by atoms with E-state index in [1.165, 1.54) is 37.1 Å². The van der Waals surface area contributed by atoms with Crippen molar-refractivity contribution in [1.82, 2.24) is 30.0 Å². The molecule has 0 radical (unpaired) electrons. The van der Waals surface area contributed by atoms with Gasteiger partial charge in [0.15, 0.2) is 0 Å². The van der Waals surface area contributed by atoms with Crippen molar-refractivity contribution in [2.75, 3.05) is 31.5 Å². The van der Waals surface area contributed by atoms with E-state index in [-0.39, 0.29) is 0 Å². The van der Waals surface area contributed by atoms with Crippen LogP contribution in [0.4, 0.5) is 11.5 Å². The van der Waals surface area contributed by atoms with Crippen LogP contribution in [0.15, 0.2) is 24.7 Å². The van der Waals surface area contributed by atoms with E-state index in [0.717, 1.165) is 58.9 Å². The number of piperidine rings is 1. The first-order valence-corrected chi connectivity index (χ1v) is 11.9. The van der Waals surface area contributed by atoms with Crippen LogP contribution in [0.1, 0.15) is 41.1 Å². The average molecular weight is 446 g/mol. The number of likely N-dealkylation sites (tertiary alicyclic amines) is 1. The van der Waals surface area contributed by atoms with Crippen LogP contribution >= 0.6 is 0 Å². The van der Waals surface area contributed by atoms with Crippen molar-refractivity contribution >= 4 is 11.5 Å². The van der Waals surface area contributed by atoms with Crippen molar-refractivity contribution in [3.8, 4) is 17.0 Å². The van der Waals surface area contributed by atoms with Gasteiger partial charge in [0.1, 0.15) is 24.5 Å². The van der Waals surface area contributed by atoms with Crippen LogP contribution in [-0.4, -0.2) is 56.9 Å². The van der Waals surface area contributed by atoms with Gasteiger partial charge in [-0.05, 0) is 62.9 Å². The molecule has 2 saturated heterocycles. The first kappa shape index (κ1) is 20.6. The molecule has 3 aliphatic rings. The first-order valence-electron chi connectivity index (χ1n) is 11.9. The topological polar surface area (TPSA) is 80.1 Å². The number of anilines is 2. The monoisotopic (exact) mass is 445 g/mol. The second kappa shape index (κ2) is 8.11. The Kier molecular flexibility index (Phi) is 5.07. The van der Waals surface area contributed by atoms with Crippen LogP contribution in [0.25, 0.3) is 11.3 Å². The molecule has 0 spiro atoms. The van der Waals surface area contributed by atoms with Gasteiger partial charge in [-0.2, -0.15) is 5.10 Å². The van der Waals surface area contributed by atoms with E-state index < -0.39 is 0 Å². The molecule has 2 fully saturated rings. The number of rotatable bonds is 3. The van der Waals surface area contributed by atoms with Gasteiger partial charge in [-0.15, -0.1) is 0 Å². The molecule has 0 saturated carbocycles. The molecule has 172 valence electrons. The molecule has 0 unspecified atom stereocenters. The van der Waals surface area contributed by atoms with E-state index in [0.29, 0.717) is 12.5 Å². The van der Waals surface area contributed by atoms with Crippen molar-refractivity contribution in [2.45, 2.75) is 45.3 Å². The predicted octanol–water partition coefficient (Wildman–Crippen LogP) is 3.28. The first-order chi connectivity index (χ1) is 16.1. The fraction of sp³-hybridized carbons (Fsp3) is 0.480. The summed E-state index contributed by atoms with van der Waals surface area (Å²) < 4.78 is 8.16. The van der Waals surface area contributed by atoms with Crippen LogP contribution in [0.5, 0.6) is 5.75 Å². The van der Waals surface area contributed by atoms with Gasteiger partial charge in [0, 0.05) is 37.9 Å². The smallest absolute Gasteiger partial charge is 0.146 e. The summed E-state index contributed by atoms with van der Waals surface area (Å²) >= 11 is 0. The second-order valence-corrected chi connectivity index (χ2v) is 9.60. The van der Waals surface area contributed by atoms with Gasteiger partial charge in [0.25, 0.3) is 0 Å². The standard InChI is InChI=1S/C25H31N7O/c1-15-8-18(17-4-6-32(7-5-17)19-10-26-11-19)9-22-24(15)33-13-21-23(27-14-28-25(21)29-22)20-12-31(3)30-16(20)2/h8-9,12,14,17,19,26H,4-7,10-11,13H2,1-3H3,(H,27,28,29). The van der Waals surface area contributed by atoms with E-state index in [2.05, 4.69) is 49.7 Å². The number of nitrogens with one attached hydrogen (secondary N) is 2. The lowest BCUT2D eigenvalue weighted by molar-refractivity contribution is 0.113. The van der Waals surface area contributed by atoms with Gasteiger partial charge >= 0.3 is 0 Å². The normalized spacial score (nSPS) is 19.1. The Labute approximate surface area is 194 Å². The minimum atomic E-state index is 0.424. The summed E-state index contributed by atoms with van der Waals surface area (Å²) in [5.74, 6) is 2.30. The Morgan fingerprint density at radius 3 is 2.61 bits per heavy atom. The minimum absolute atomic E-state index is 0.424. The quantitative estimate of drug-likeness (QED) is 0.640. The highest BCUT2D eigenvalue weighted by Gasteiger charge is 2.30. The molecular formula is C25H31N7O. The van der Waals surface area contributed by atoms with Gasteiger partial charge in [0.2, 0.25) is 0 Å². The highest BCUT2D eigenvalue weighted by Crippen LogP contribution is 2.41. The van der Waals surface area contributed by atoms with Crippen molar-refractivity contribution in [3.05, 3.63) is 47.0 Å². The molecule has 33 heavy (non-hydrogen) atoms. The highest BCUT2D eigenvalue weighted by atomic mass is 16.5. The number of hydrogen-bond donors (Lipinski definition) is 2. The molecule has 3 aromatic rings. The van der Waals surface area contributed by atoms with E-state index in [1.54, 1.807) is 6.33 Å². The fourth-order valence-corrected chi connectivity index (χ4v) is 5.44. The number of nitrogens with zero attached hydrogens (tertiary/aromatic N) is 5. The molecule has 0 atom stereocenters. The Morgan fingerprint density at radius 2 is 1.91 bits per heavy atom. The van der Waals surface area contributed by atoms with E-state index in [9.17, 15) is 0 Å². The zero-order chi connectivity index (χ0) is 22.5. The number of benzene rings is 1. The van der Waals surface area contributed by atoms with Crippen LogP contribution in [0.3, 0.4) is 0 Å². The number of aryl methyl sites for hydroxylation is 3. The maximum absolute atomic E-state index is 6.34. The van der Waals surface area contributed by atoms with Crippen molar-refractivity contribution in [3.63, 3.8) is 0 Å². The zero-order valence-electron chi connectivity index (χ0n) is 19.6. The molecule has 5 heterocycles. The molecule has 2 aromatic heterocycles. The summed E-state index contributed by atoms with van der Waals surface area (Å²) in [7, 11) is 1.93. The Morgan fingerprint density at radius 1 is 1.09 bits per heavy atom. The molecular weight excluding hydrogens is 414 g/mol. The van der Waals surface area contributed by atoms with Crippen molar-refractivity contribution in [1.29, 1.82) is 0 Å². The van der Waals surface area contributed by atoms with Crippen LogP contribution in [0.2, 0.25) is 0 Å². The molecule has 1 aromatic carbocycles. The summed E-state index contributed by atoms with van der Waals surface area (Å²) in [6.45, 7) is 9.23. The van der Waals surface area contributed by atoms with Gasteiger partial charge in [-0.1, -0.05) is 6.07 Å². The van der Waals surface area contributed by atoms with Gasteiger partial charge in [0.05, 0.1) is 22.6 Å². The Bertz CT molecular complexity index is 1190. The van der Waals surface area contributed by atoms with Crippen LogP contribution in [0, 0.1) is 13.8 Å². The van der Waals surface area contributed by atoms with Gasteiger partial charge < -0.3 is 15.4 Å². The number of hydrogen-bond acceptors (Lipinski definition) is 7. The average Bonchev–Trinajstić information content (AvgIpc) is 2.98. The summed E-state index contributed by atoms with van der Waals surface area (Å²) in [5, 5.41) is 11.5. The maximum atomic E-state index is 6.34. The third kappa shape index (κ3) is 3.67.